The lowest BCUT2D eigenvalue weighted by Crippen LogP contribution is -2.49. The Morgan fingerprint density at radius 1 is 1.19 bits per heavy atom. The quantitative estimate of drug-likeness (QED) is 0.684. The third-order valence-electron chi connectivity index (χ3n) is 4.15. The molecule has 2 heterocycles. The molecule has 27 heavy (non-hydrogen) atoms. The average molecular weight is 408 g/mol. The van der Waals surface area contributed by atoms with E-state index in [1.165, 1.54) is 23.1 Å². The van der Waals surface area contributed by atoms with Crippen molar-refractivity contribution in [1.29, 1.82) is 0 Å². The molecule has 1 aromatic carbocycles. The highest BCUT2D eigenvalue weighted by Gasteiger charge is 2.23. The van der Waals surface area contributed by atoms with Crippen LogP contribution >= 0.6 is 23.1 Å². The number of methoxy groups -OCH3 is 1. The zero-order valence-electron chi connectivity index (χ0n) is 15.0. The molecule has 8 nitrogen and oxygen atoms in total. The normalized spacial score (nSPS) is 14.3. The van der Waals surface area contributed by atoms with E-state index in [9.17, 15) is 9.59 Å². The van der Waals surface area contributed by atoms with Crippen molar-refractivity contribution >= 4 is 40.0 Å². The summed E-state index contributed by atoms with van der Waals surface area (Å²) in [5, 5.41) is 9.07. The van der Waals surface area contributed by atoms with Gasteiger partial charge in [-0.1, -0.05) is 35.2 Å². The standard InChI is InChI=1S/C17H21N5O3S2/c1-25-13-4-2-12(3-5-13)10-15(24)21-6-8-22(9-7-21)16-19-20-17(27-16)26-11-14(18)23/h2-5H,6-11H2,1H3,(H2,18,23). The Hall–Kier alpha value is -2.33. The molecule has 0 aliphatic carbocycles. The van der Waals surface area contributed by atoms with Gasteiger partial charge in [0.25, 0.3) is 0 Å². The molecule has 1 aromatic heterocycles. The molecule has 0 spiro atoms. The minimum absolute atomic E-state index is 0.120. The predicted octanol–water partition coefficient (Wildman–Crippen LogP) is 1.02. The number of hydrogen-bond donors (Lipinski definition) is 1. The van der Waals surface area contributed by atoms with Crippen LogP contribution < -0.4 is 15.4 Å². The number of aromatic nitrogens is 2. The van der Waals surface area contributed by atoms with Crippen molar-refractivity contribution in [2.24, 2.45) is 5.73 Å². The van der Waals surface area contributed by atoms with Gasteiger partial charge in [0.1, 0.15) is 5.75 Å². The number of nitrogens with zero attached hydrogens (tertiary/aromatic N) is 4. The molecular weight excluding hydrogens is 386 g/mol. The van der Waals surface area contributed by atoms with Crippen LogP contribution in [0.1, 0.15) is 5.56 Å². The van der Waals surface area contributed by atoms with Crippen LogP contribution in [-0.2, 0) is 16.0 Å². The van der Waals surface area contributed by atoms with E-state index in [-0.39, 0.29) is 17.6 Å². The van der Waals surface area contributed by atoms with Crippen molar-refractivity contribution in [1.82, 2.24) is 15.1 Å². The van der Waals surface area contributed by atoms with Crippen molar-refractivity contribution in [3.05, 3.63) is 29.8 Å². The van der Waals surface area contributed by atoms with Gasteiger partial charge in [0.05, 0.1) is 19.3 Å². The molecule has 1 aliphatic heterocycles. The Bertz CT molecular complexity index is 788. The fraction of sp³-hybridized carbons (Fsp3) is 0.412. The van der Waals surface area contributed by atoms with Gasteiger partial charge in [0, 0.05) is 26.2 Å². The summed E-state index contributed by atoms with van der Waals surface area (Å²) in [6.07, 6.45) is 0.386. The Kier molecular flexibility index (Phi) is 6.51. The maximum absolute atomic E-state index is 12.5. The van der Waals surface area contributed by atoms with Gasteiger partial charge < -0.3 is 20.3 Å². The van der Waals surface area contributed by atoms with E-state index < -0.39 is 0 Å². The number of carbonyl (C=O) groups is 2. The molecule has 0 unspecified atom stereocenters. The lowest BCUT2D eigenvalue weighted by molar-refractivity contribution is -0.130. The highest BCUT2D eigenvalue weighted by molar-refractivity contribution is 8.01. The monoisotopic (exact) mass is 407 g/mol. The zero-order chi connectivity index (χ0) is 19.2. The minimum atomic E-state index is -0.374. The molecule has 1 aliphatic rings. The number of anilines is 1. The first-order valence-corrected chi connectivity index (χ1v) is 10.3. The lowest BCUT2D eigenvalue weighted by atomic mass is 10.1. The van der Waals surface area contributed by atoms with E-state index in [2.05, 4.69) is 15.1 Å². The summed E-state index contributed by atoms with van der Waals surface area (Å²) in [6, 6.07) is 7.56. The largest absolute Gasteiger partial charge is 0.497 e. The molecule has 10 heteroatoms. The average Bonchev–Trinajstić information content (AvgIpc) is 3.16. The number of carbonyl (C=O) groups excluding carboxylic acids is 2. The number of rotatable bonds is 7. The highest BCUT2D eigenvalue weighted by atomic mass is 32.2. The van der Waals surface area contributed by atoms with Gasteiger partial charge in [-0.15, -0.1) is 10.2 Å². The maximum Gasteiger partial charge on any atom is 0.227 e. The van der Waals surface area contributed by atoms with Crippen LogP contribution in [0.15, 0.2) is 28.6 Å². The summed E-state index contributed by atoms with van der Waals surface area (Å²) in [5.74, 6) is 0.725. The summed E-state index contributed by atoms with van der Waals surface area (Å²) in [6.45, 7) is 2.73. The fourth-order valence-corrected chi connectivity index (χ4v) is 4.33. The Morgan fingerprint density at radius 2 is 1.89 bits per heavy atom. The second kappa shape index (κ2) is 9.05. The van der Waals surface area contributed by atoms with Crippen LogP contribution in [0.5, 0.6) is 5.75 Å². The van der Waals surface area contributed by atoms with Gasteiger partial charge in [-0.3, -0.25) is 9.59 Å². The minimum Gasteiger partial charge on any atom is -0.497 e. The molecule has 3 rings (SSSR count). The van der Waals surface area contributed by atoms with Crippen molar-refractivity contribution in [2.45, 2.75) is 10.8 Å². The third kappa shape index (κ3) is 5.33. The fourth-order valence-electron chi connectivity index (χ4n) is 2.70. The molecule has 1 fully saturated rings. The number of primary amides is 1. The smallest absolute Gasteiger partial charge is 0.227 e. The first kappa shape index (κ1) is 19.4. The van der Waals surface area contributed by atoms with Gasteiger partial charge >= 0.3 is 0 Å². The third-order valence-corrected chi connectivity index (χ3v) is 6.29. The Balaban J connectivity index is 1.49. The summed E-state index contributed by atoms with van der Waals surface area (Å²) < 4.78 is 5.86. The van der Waals surface area contributed by atoms with E-state index in [1.807, 2.05) is 29.2 Å². The maximum atomic E-state index is 12.5. The van der Waals surface area contributed by atoms with Crippen molar-refractivity contribution in [3.63, 3.8) is 0 Å². The second-order valence-corrected chi connectivity index (χ2v) is 8.18. The van der Waals surface area contributed by atoms with Gasteiger partial charge in [-0.25, -0.2) is 0 Å². The van der Waals surface area contributed by atoms with Crippen molar-refractivity contribution < 1.29 is 14.3 Å². The Morgan fingerprint density at radius 3 is 2.52 bits per heavy atom. The van der Waals surface area contributed by atoms with Crippen LogP contribution in [-0.4, -0.2) is 66.0 Å². The van der Waals surface area contributed by atoms with Crippen molar-refractivity contribution in [3.8, 4) is 5.75 Å². The molecule has 2 N–H and O–H groups in total. The number of thioether (sulfide) groups is 1. The van der Waals surface area contributed by atoms with E-state index >= 15 is 0 Å². The summed E-state index contributed by atoms with van der Waals surface area (Å²) in [4.78, 5) is 27.4. The van der Waals surface area contributed by atoms with Gasteiger partial charge in [0.15, 0.2) is 4.34 Å². The van der Waals surface area contributed by atoms with E-state index in [4.69, 9.17) is 10.5 Å². The predicted molar refractivity (Wildman–Crippen MR) is 105 cm³/mol. The molecular formula is C17H21N5O3S2. The first-order valence-electron chi connectivity index (χ1n) is 8.45. The molecule has 144 valence electrons. The number of nitrogens with two attached hydrogens (primary N) is 1. The number of amides is 2. The lowest BCUT2D eigenvalue weighted by Gasteiger charge is -2.34. The zero-order valence-corrected chi connectivity index (χ0v) is 16.6. The van der Waals surface area contributed by atoms with Crippen LogP contribution in [0.4, 0.5) is 5.13 Å². The van der Waals surface area contributed by atoms with E-state index in [0.717, 1.165) is 20.8 Å². The first-order chi connectivity index (χ1) is 13.0. The molecule has 2 aromatic rings. The molecule has 0 atom stereocenters. The molecule has 1 saturated heterocycles. The number of benzene rings is 1. The van der Waals surface area contributed by atoms with Crippen LogP contribution in [0.25, 0.3) is 0 Å². The summed E-state index contributed by atoms with van der Waals surface area (Å²) in [7, 11) is 1.62. The van der Waals surface area contributed by atoms with Crippen LogP contribution in [0.3, 0.4) is 0 Å². The van der Waals surface area contributed by atoms with Crippen LogP contribution in [0.2, 0.25) is 0 Å². The topological polar surface area (TPSA) is 102 Å². The van der Waals surface area contributed by atoms with E-state index in [0.29, 0.717) is 32.6 Å². The van der Waals surface area contributed by atoms with E-state index in [1.54, 1.807) is 7.11 Å². The van der Waals surface area contributed by atoms with Gasteiger partial charge in [-0.05, 0) is 17.7 Å². The van der Waals surface area contributed by atoms with Gasteiger partial charge in [0.2, 0.25) is 16.9 Å². The Labute approximate surface area is 165 Å². The molecule has 0 bridgehead atoms. The summed E-state index contributed by atoms with van der Waals surface area (Å²) in [5.41, 5.74) is 6.12. The van der Waals surface area contributed by atoms with Gasteiger partial charge in [-0.2, -0.15) is 0 Å². The number of ether oxygens (including phenoxy) is 1. The van der Waals surface area contributed by atoms with Crippen molar-refractivity contribution in [2.75, 3.05) is 43.9 Å². The second-order valence-electron chi connectivity index (χ2n) is 6.00. The molecule has 0 saturated carbocycles. The summed E-state index contributed by atoms with van der Waals surface area (Å²) >= 11 is 2.73. The number of piperazine rings is 1. The van der Waals surface area contributed by atoms with Crippen LogP contribution in [0, 0.1) is 0 Å². The number of hydrogen-bond acceptors (Lipinski definition) is 8. The molecule has 0 radical (unpaired) electrons. The molecule has 2 amide bonds. The highest BCUT2D eigenvalue weighted by Crippen LogP contribution is 2.28. The SMILES string of the molecule is COc1ccc(CC(=O)N2CCN(c3nnc(SCC(N)=O)s3)CC2)cc1.